The van der Waals surface area contributed by atoms with Crippen molar-refractivity contribution in [2.24, 2.45) is 5.73 Å². The van der Waals surface area contributed by atoms with Gasteiger partial charge in [0, 0.05) is 18.3 Å². The monoisotopic (exact) mass is 248 g/mol. The average molecular weight is 248 g/mol. The largest absolute Gasteiger partial charge is 0.443 e. The molecule has 1 rings (SSSR count). The summed E-state index contributed by atoms with van der Waals surface area (Å²) < 4.78 is 5.23. The van der Waals surface area contributed by atoms with Crippen LogP contribution in [-0.4, -0.2) is 24.1 Å². The van der Waals surface area contributed by atoms with Gasteiger partial charge in [0.1, 0.15) is 0 Å². The van der Waals surface area contributed by atoms with Crippen molar-refractivity contribution in [3.8, 4) is 0 Å². The Morgan fingerprint density at radius 1 is 1.44 bits per heavy atom. The van der Waals surface area contributed by atoms with Crippen molar-refractivity contribution in [3.05, 3.63) is 47.7 Å². The molecule has 4 heteroatoms. The Bertz CT molecular complexity index is 411. The number of nitrogens with zero attached hydrogens (tertiary/aromatic N) is 1. The van der Waals surface area contributed by atoms with Crippen LogP contribution in [0, 0.1) is 0 Å². The van der Waals surface area contributed by atoms with Crippen LogP contribution in [0.5, 0.6) is 0 Å². The lowest BCUT2D eigenvalue weighted by molar-refractivity contribution is -0.150. The van der Waals surface area contributed by atoms with Gasteiger partial charge in [-0.3, -0.25) is 4.90 Å². The normalized spacial score (nSPS) is 13.4. The summed E-state index contributed by atoms with van der Waals surface area (Å²) in [7, 11) is 1.91. The van der Waals surface area contributed by atoms with Crippen molar-refractivity contribution in [1.82, 2.24) is 4.90 Å². The standard InChI is InChI=1S/C14H20N2O2/c1-11(15)9-14(17)18-12(2)16(3)10-13-7-5-4-6-8-13/h4-9,12H,10,15H2,1-3H3/b11-9-. The van der Waals surface area contributed by atoms with Gasteiger partial charge in [-0.05, 0) is 26.5 Å². The highest BCUT2D eigenvalue weighted by Crippen LogP contribution is 2.07. The zero-order chi connectivity index (χ0) is 13.5. The predicted molar refractivity (Wildman–Crippen MR) is 71.4 cm³/mol. The molecule has 1 aromatic rings. The molecule has 0 heterocycles. The molecule has 0 aliphatic rings. The van der Waals surface area contributed by atoms with E-state index in [4.69, 9.17) is 10.5 Å². The molecule has 0 radical (unpaired) electrons. The summed E-state index contributed by atoms with van der Waals surface area (Å²) in [6.07, 6.45) is 0.987. The molecule has 1 aromatic carbocycles. The first kappa shape index (κ1) is 14.3. The molecule has 0 aliphatic heterocycles. The van der Waals surface area contributed by atoms with Gasteiger partial charge in [-0.2, -0.15) is 0 Å². The zero-order valence-electron chi connectivity index (χ0n) is 11.1. The van der Waals surface area contributed by atoms with E-state index in [9.17, 15) is 4.79 Å². The van der Waals surface area contributed by atoms with Crippen molar-refractivity contribution in [2.45, 2.75) is 26.6 Å². The summed E-state index contributed by atoms with van der Waals surface area (Å²) in [6.45, 7) is 4.21. The fourth-order valence-corrected chi connectivity index (χ4v) is 1.48. The molecule has 0 saturated heterocycles. The smallest absolute Gasteiger partial charge is 0.334 e. The molecule has 0 saturated carbocycles. The van der Waals surface area contributed by atoms with Crippen LogP contribution in [0.25, 0.3) is 0 Å². The summed E-state index contributed by atoms with van der Waals surface area (Å²) >= 11 is 0. The lowest BCUT2D eigenvalue weighted by atomic mass is 10.2. The molecule has 0 fully saturated rings. The molecule has 2 N–H and O–H groups in total. The van der Waals surface area contributed by atoms with E-state index in [2.05, 4.69) is 0 Å². The third kappa shape index (κ3) is 5.01. The Hall–Kier alpha value is -1.81. The highest BCUT2D eigenvalue weighted by molar-refractivity contribution is 5.82. The number of carbonyl (C=O) groups excluding carboxylic acids is 1. The van der Waals surface area contributed by atoms with Gasteiger partial charge >= 0.3 is 5.97 Å². The van der Waals surface area contributed by atoms with Crippen molar-refractivity contribution in [3.63, 3.8) is 0 Å². The Kier molecular flexibility index (Phi) is 5.39. The minimum absolute atomic E-state index is 0.298. The van der Waals surface area contributed by atoms with Gasteiger partial charge in [-0.25, -0.2) is 4.79 Å². The Balaban J connectivity index is 2.49. The third-order valence-corrected chi connectivity index (χ3v) is 2.53. The van der Waals surface area contributed by atoms with E-state index in [-0.39, 0.29) is 6.23 Å². The van der Waals surface area contributed by atoms with Gasteiger partial charge < -0.3 is 10.5 Å². The highest BCUT2D eigenvalue weighted by Gasteiger charge is 2.13. The van der Waals surface area contributed by atoms with E-state index in [0.29, 0.717) is 5.70 Å². The number of esters is 1. The van der Waals surface area contributed by atoms with Crippen LogP contribution in [0.15, 0.2) is 42.1 Å². The number of hydrogen-bond acceptors (Lipinski definition) is 4. The summed E-state index contributed by atoms with van der Waals surface area (Å²) in [5.74, 6) is -0.414. The maximum absolute atomic E-state index is 11.4. The number of rotatable bonds is 5. The van der Waals surface area contributed by atoms with E-state index >= 15 is 0 Å². The van der Waals surface area contributed by atoms with Crippen molar-refractivity contribution in [2.75, 3.05) is 7.05 Å². The van der Waals surface area contributed by atoms with Crippen LogP contribution in [0.1, 0.15) is 19.4 Å². The Morgan fingerprint density at radius 3 is 2.61 bits per heavy atom. The molecule has 0 bridgehead atoms. The topological polar surface area (TPSA) is 55.6 Å². The molecule has 0 aliphatic carbocycles. The Labute approximate surface area is 108 Å². The first-order valence-electron chi connectivity index (χ1n) is 5.87. The second kappa shape index (κ2) is 6.81. The second-order valence-corrected chi connectivity index (χ2v) is 4.33. The summed E-state index contributed by atoms with van der Waals surface area (Å²) in [4.78, 5) is 13.4. The zero-order valence-corrected chi connectivity index (χ0v) is 11.1. The quantitative estimate of drug-likeness (QED) is 0.491. The molecule has 1 atom stereocenters. The SMILES string of the molecule is C/C(N)=C/C(=O)OC(C)N(C)Cc1ccccc1. The van der Waals surface area contributed by atoms with Crippen LogP contribution in [0.4, 0.5) is 0 Å². The number of nitrogens with two attached hydrogens (primary N) is 1. The van der Waals surface area contributed by atoms with E-state index < -0.39 is 5.97 Å². The van der Waals surface area contributed by atoms with E-state index in [1.54, 1.807) is 6.92 Å². The lowest BCUT2D eigenvalue weighted by Gasteiger charge is -2.24. The molecular weight excluding hydrogens is 228 g/mol. The molecule has 18 heavy (non-hydrogen) atoms. The summed E-state index contributed by atoms with van der Waals surface area (Å²) in [5.41, 5.74) is 7.03. The van der Waals surface area contributed by atoms with E-state index in [1.807, 2.05) is 49.2 Å². The number of carbonyl (C=O) groups is 1. The van der Waals surface area contributed by atoms with Gasteiger partial charge in [0.25, 0.3) is 0 Å². The van der Waals surface area contributed by atoms with Gasteiger partial charge in [-0.1, -0.05) is 30.3 Å². The maximum Gasteiger partial charge on any atom is 0.334 e. The van der Waals surface area contributed by atoms with Gasteiger partial charge in [0.05, 0.1) is 0 Å². The predicted octanol–water partition coefficient (Wildman–Crippen LogP) is 1.87. The number of ether oxygens (including phenoxy) is 1. The van der Waals surface area contributed by atoms with Crippen molar-refractivity contribution in [1.29, 1.82) is 0 Å². The highest BCUT2D eigenvalue weighted by atomic mass is 16.6. The first-order chi connectivity index (χ1) is 8.49. The van der Waals surface area contributed by atoms with Crippen LogP contribution in [0.2, 0.25) is 0 Å². The second-order valence-electron chi connectivity index (χ2n) is 4.33. The van der Waals surface area contributed by atoms with Gasteiger partial charge in [0.2, 0.25) is 0 Å². The van der Waals surface area contributed by atoms with Crippen LogP contribution < -0.4 is 5.73 Å². The number of hydrogen-bond donors (Lipinski definition) is 1. The van der Waals surface area contributed by atoms with Gasteiger partial charge in [-0.15, -0.1) is 0 Å². The first-order valence-corrected chi connectivity index (χ1v) is 5.87. The van der Waals surface area contributed by atoms with E-state index in [0.717, 1.165) is 6.54 Å². The summed E-state index contributed by atoms with van der Waals surface area (Å²) in [5, 5.41) is 0. The lowest BCUT2D eigenvalue weighted by Crippen LogP contribution is -2.32. The van der Waals surface area contributed by atoms with Crippen molar-refractivity contribution < 1.29 is 9.53 Å². The van der Waals surface area contributed by atoms with Gasteiger partial charge in [0.15, 0.2) is 6.23 Å². The van der Waals surface area contributed by atoms with Crippen molar-refractivity contribution >= 4 is 5.97 Å². The van der Waals surface area contributed by atoms with E-state index in [1.165, 1.54) is 11.6 Å². The van der Waals surface area contributed by atoms with Crippen LogP contribution in [-0.2, 0) is 16.1 Å². The molecule has 4 nitrogen and oxygen atoms in total. The number of benzene rings is 1. The molecule has 0 amide bonds. The van der Waals surface area contributed by atoms with Crippen LogP contribution in [0.3, 0.4) is 0 Å². The molecule has 0 aromatic heterocycles. The molecular formula is C14H20N2O2. The summed E-state index contributed by atoms with van der Waals surface area (Å²) in [6, 6.07) is 10.0. The average Bonchev–Trinajstić information content (AvgIpc) is 2.28. The van der Waals surface area contributed by atoms with Crippen LogP contribution >= 0.6 is 0 Å². The molecule has 1 unspecified atom stereocenters. The third-order valence-electron chi connectivity index (χ3n) is 2.53. The minimum Gasteiger partial charge on any atom is -0.443 e. The Morgan fingerprint density at radius 2 is 2.06 bits per heavy atom. The molecule has 98 valence electrons. The molecule has 0 spiro atoms. The fraction of sp³-hybridized carbons (Fsp3) is 0.357. The maximum atomic E-state index is 11.4. The minimum atomic E-state index is -0.414. The fourth-order valence-electron chi connectivity index (χ4n) is 1.48. The number of allylic oxidation sites excluding steroid dienone is 1.